The van der Waals surface area contributed by atoms with Gasteiger partial charge in [0.25, 0.3) is 0 Å². The van der Waals surface area contributed by atoms with E-state index in [0.717, 1.165) is 12.0 Å². The number of rotatable bonds is 2. The first-order valence-corrected chi connectivity index (χ1v) is 6.76. The molecule has 0 amide bonds. The first kappa shape index (κ1) is 11.4. The Morgan fingerprint density at radius 2 is 1.80 bits per heavy atom. The zero-order valence-corrected chi connectivity index (χ0v) is 10.4. The van der Waals surface area contributed by atoms with Gasteiger partial charge < -0.3 is 4.90 Å². The van der Waals surface area contributed by atoms with E-state index in [-0.39, 0.29) is 0 Å². The van der Waals surface area contributed by atoms with Gasteiger partial charge in [-0.15, -0.1) is 0 Å². The summed E-state index contributed by atoms with van der Waals surface area (Å²) in [5, 5.41) is 0. The summed E-state index contributed by atoms with van der Waals surface area (Å²) in [7, 11) is 0. The van der Waals surface area contributed by atoms with Crippen LogP contribution in [0.2, 0.25) is 0 Å². The minimum Gasteiger partial charge on any atom is -0.302 e. The lowest BCUT2D eigenvalue weighted by Crippen LogP contribution is -2.50. The van der Waals surface area contributed by atoms with Gasteiger partial charge in [0, 0.05) is 12.6 Å². The van der Waals surface area contributed by atoms with E-state index in [1.807, 2.05) is 0 Å². The predicted octanol–water partition coefficient (Wildman–Crippen LogP) is 2.20. The summed E-state index contributed by atoms with van der Waals surface area (Å²) in [5.41, 5.74) is 0. The molecule has 0 saturated carbocycles. The topological polar surface area (TPSA) is 6.48 Å². The Morgan fingerprint density at radius 1 is 1.07 bits per heavy atom. The van der Waals surface area contributed by atoms with E-state index < -0.39 is 0 Å². The minimum atomic E-state index is 0.867. The maximum Gasteiger partial charge on any atom is 0.0223 e. The fourth-order valence-electron chi connectivity index (χ4n) is 3.01. The molecule has 2 rings (SSSR count). The minimum absolute atomic E-state index is 0.867. The molecule has 2 fully saturated rings. The molecule has 0 aliphatic carbocycles. The van der Waals surface area contributed by atoms with Crippen molar-refractivity contribution < 1.29 is 0 Å². The van der Waals surface area contributed by atoms with Crippen LogP contribution >= 0.6 is 0 Å². The van der Waals surface area contributed by atoms with E-state index >= 15 is 0 Å². The molecule has 2 aliphatic rings. The van der Waals surface area contributed by atoms with Crippen molar-refractivity contribution in [2.24, 2.45) is 5.92 Å². The number of hydrogen-bond donors (Lipinski definition) is 0. The second kappa shape index (κ2) is 5.31. The first-order valence-electron chi connectivity index (χ1n) is 6.76. The normalized spacial score (nSPS) is 32.0. The molecule has 2 heteroatoms. The Bertz CT molecular complexity index is 185. The Hall–Kier alpha value is -0.0800. The first-order chi connectivity index (χ1) is 7.29. The van der Waals surface area contributed by atoms with E-state index in [0.29, 0.717) is 0 Å². The van der Waals surface area contributed by atoms with Crippen molar-refractivity contribution in [1.82, 2.24) is 9.80 Å². The van der Waals surface area contributed by atoms with Gasteiger partial charge in [-0.25, -0.2) is 0 Å². The summed E-state index contributed by atoms with van der Waals surface area (Å²) >= 11 is 0. The van der Waals surface area contributed by atoms with Gasteiger partial charge in [-0.2, -0.15) is 0 Å². The molecule has 2 saturated heterocycles. The molecule has 1 atom stereocenters. The van der Waals surface area contributed by atoms with E-state index in [1.165, 1.54) is 58.4 Å². The molecule has 2 aliphatic heterocycles. The fourth-order valence-corrected chi connectivity index (χ4v) is 3.01. The van der Waals surface area contributed by atoms with Gasteiger partial charge in [0.1, 0.15) is 0 Å². The van der Waals surface area contributed by atoms with Crippen molar-refractivity contribution in [3.63, 3.8) is 0 Å². The van der Waals surface area contributed by atoms with Gasteiger partial charge in [0.05, 0.1) is 0 Å². The highest BCUT2D eigenvalue weighted by Gasteiger charge is 2.26. The molecule has 88 valence electrons. The standard InChI is InChI=1S/C13H26N2/c1-3-14-8-4-5-13(11-14)15-9-6-12(2)7-10-15/h12-13H,3-11H2,1-2H3. The maximum atomic E-state index is 2.75. The lowest BCUT2D eigenvalue weighted by molar-refractivity contribution is 0.0737. The highest BCUT2D eigenvalue weighted by Crippen LogP contribution is 2.22. The summed E-state index contributed by atoms with van der Waals surface area (Å²) in [6, 6.07) is 0.867. The van der Waals surface area contributed by atoms with E-state index in [4.69, 9.17) is 0 Å². The third kappa shape index (κ3) is 2.94. The van der Waals surface area contributed by atoms with Crippen LogP contribution in [0.15, 0.2) is 0 Å². The Labute approximate surface area is 94.6 Å². The number of hydrogen-bond acceptors (Lipinski definition) is 2. The second-order valence-corrected chi connectivity index (χ2v) is 5.41. The monoisotopic (exact) mass is 210 g/mol. The lowest BCUT2D eigenvalue weighted by Gasteiger charge is -2.41. The van der Waals surface area contributed by atoms with Crippen molar-refractivity contribution in [3.8, 4) is 0 Å². The van der Waals surface area contributed by atoms with Crippen LogP contribution in [0.3, 0.4) is 0 Å². The van der Waals surface area contributed by atoms with Crippen molar-refractivity contribution in [2.75, 3.05) is 32.7 Å². The average molecular weight is 210 g/mol. The van der Waals surface area contributed by atoms with E-state index in [9.17, 15) is 0 Å². The van der Waals surface area contributed by atoms with Crippen LogP contribution in [0.25, 0.3) is 0 Å². The van der Waals surface area contributed by atoms with Crippen molar-refractivity contribution in [1.29, 1.82) is 0 Å². The molecular formula is C13H26N2. The van der Waals surface area contributed by atoms with E-state index in [2.05, 4.69) is 23.6 Å². The lowest BCUT2D eigenvalue weighted by atomic mass is 9.95. The number of piperidine rings is 2. The highest BCUT2D eigenvalue weighted by molar-refractivity contribution is 4.83. The van der Waals surface area contributed by atoms with Crippen LogP contribution < -0.4 is 0 Å². The van der Waals surface area contributed by atoms with Crippen LogP contribution in [0.4, 0.5) is 0 Å². The van der Waals surface area contributed by atoms with Crippen molar-refractivity contribution >= 4 is 0 Å². The molecule has 0 radical (unpaired) electrons. The van der Waals surface area contributed by atoms with Crippen LogP contribution in [0.5, 0.6) is 0 Å². The van der Waals surface area contributed by atoms with Gasteiger partial charge in [-0.3, -0.25) is 4.90 Å². The molecule has 15 heavy (non-hydrogen) atoms. The third-order valence-electron chi connectivity index (χ3n) is 4.26. The van der Waals surface area contributed by atoms with Gasteiger partial charge >= 0.3 is 0 Å². The average Bonchev–Trinajstić information content (AvgIpc) is 2.30. The molecule has 2 nitrogen and oxygen atoms in total. The molecule has 0 aromatic heterocycles. The summed E-state index contributed by atoms with van der Waals surface area (Å²) < 4.78 is 0. The zero-order valence-electron chi connectivity index (χ0n) is 10.4. The molecule has 0 bridgehead atoms. The van der Waals surface area contributed by atoms with Gasteiger partial charge in [-0.05, 0) is 57.8 Å². The van der Waals surface area contributed by atoms with Gasteiger partial charge in [0.2, 0.25) is 0 Å². The van der Waals surface area contributed by atoms with Crippen LogP contribution in [-0.4, -0.2) is 48.6 Å². The molecule has 0 N–H and O–H groups in total. The maximum absolute atomic E-state index is 2.75. The summed E-state index contributed by atoms with van der Waals surface area (Å²) in [6.45, 7) is 11.3. The molecule has 0 aromatic carbocycles. The van der Waals surface area contributed by atoms with Gasteiger partial charge in [0.15, 0.2) is 0 Å². The fraction of sp³-hybridized carbons (Fsp3) is 1.00. The molecule has 0 aromatic rings. The van der Waals surface area contributed by atoms with Crippen LogP contribution in [0, 0.1) is 5.92 Å². The summed E-state index contributed by atoms with van der Waals surface area (Å²) in [5.74, 6) is 0.965. The Balaban J connectivity index is 1.82. The molecule has 1 unspecified atom stereocenters. The quantitative estimate of drug-likeness (QED) is 0.689. The third-order valence-corrected chi connectivity index (χ3v) is 4.26. The zero-order chi connectivity index (χ0) is 10.7. The van der Waals surface area contributed by atoms with E-state index in [1.54, 1.807) is 0 Å². The van der Waals surface area contributed by atoms with Crippen molar-refractivity contribution in [3.05, 3.63) is 0 Å². The van der Waals surface area contributed by atoms with Crippen LogP contribution in [0.1, 0.15) is 39.5 Å². The number of nitrogens with zero attached hydrogens (tertiary/aromatic N) is 2. The Kier molecular flexibility index (Phi) is 4.04. The van der Waals surface area contributed by atoms with Crippen LogP contribution in [-0.2, 0) is 0 Å². The number of likely N-dealkylation sites (N-methyl/N-ethyl adjacent to an activating group) is 1. The smallest absolute Gasteiger partial charge is 0.0223 e. The molecular weight excluding hydrogens is 184 g/mol. The Morgan fingerprint density at radius 3 is 2.47 bits per heavy atom. The highest BCUT2D eigenvalue weighted by atomic mass is 15.2. The molecule has 2 heterocycles. The number of likely N-dealkylation sites (tertiary alicyclic amines) is 2. The predicted molar refractivity (Wildman–Crippen MR) is 65.1 cm³/mol. The summed E-state index contributed by atoms with van der Waals surface area (Å²) in [4.78, 5) is 5.37. The second-order valence-electron chi connectivity index (χ2n) is 5.41. The SMILES string of the molecule is CCN1CCCC(N2CCC(C)CC2)C1. The molecule has 0 spiro atoms. The van der Waals surface area contributed by atoms with Crippen molar-refractivity contribution in [2.45, 2.75) is 45.6 Å². The largest absolute Gasteiger partial charge is 0.302 e. The van der Waals surface area contributed by atoms with Gasteiger partial charge in [-0.1, -0.05) is 13.8 Å². The summed E-state index contributed by atoms with van der Waals surface area (Å²) in [6.07, 6.45) is 5.68.